The number of thioether (sulfide) groups is 1. The summed E-state index contributed by atoms with van der Waals surface area (Å²) in [4.78, 5) is 10.8. The monoisotopic (exact) mass is 288 g/mol. The van der Waals surface area contributed by atoms with Crippen LogP contribution in [0.15, 0.2) is 35.5 Å². The molecule has 1 saturated carbocycles. The van der Waals surface area contributed by atoms with E-state index >= 15 is 0 Å². The van der Waals surface area contributed by atoms with Crippen molar-refractivity contribution in [3.63, 3.8) is 0 Å². The Morgan fingerprint density at radius 1 is 1.35 bits per heavy atom. The van der Waals surface area contributed by atoms with Gasteiger partial charge in [-0.05, 0) is 17.9 Å². The Hall–Kier alpha value is -1.82. The van der Waals surface area contributed by atoms with Crippen molar-refractivity contribution in [2.45, 2.75) is 23.4 Å². The van der Waals surface area contributed by atoms with Crippen LogP contribution in [0.25, 0.3) is 0 Å². The van der Waals surface area contributed by atoms with E-state index in [1.165, 1.54) is 17.3 Å². The number of carbonyl (C=O) groups excluding carboxylic acids is 1. The van der Waals surface area contributed by atoms with Gasteiger partial charge < -0.3 is 10.3 Å². The molecular formula is C14H16N4OS. The van der Waals surface area contributed by atoms with Gasteiger partial charge in [-0.25, -0.2) is 0 Å². The molecule has 104 valence electrons. The summed E-state index contributed by atoms with van der Waals surface area (Å²) in [5.41, 5.74) is 6.50. The number of rotatable bonds is 5. The molecule has 1 aromatic heterocycles. The van der Waals surface area contributed by atoms with Crippen LogP contribution in [0.2, 0.25) is 0 Å². The average Bonchev–Trinajstić information content (AvgIpc) is 3.15. The van der Waals surface area contributed by atoms with Crippen molar-refractivity contribution in [3.05, 3.63) is 41.7 Å². The lowest BCUT2D eigenvalue weighted by Crippen LogP contribution is -2.13. The van der Waals surface area contributed by atoms with Gasteiger partial charge in [-0.1, -0.05) is 42.1 Å². The first-order valence-corrected chi connectivity index (χ1v) is 7.50. The topological polar surface area (TPSA) is 73.8 Å². The summed E-state index contributed by atoms with van der Waals surface area (Å²) in [6.45, 7) is 0. The fourth-order valence-electron chi connectivity index (χ4n) is 2.46. The predicted molar refractivity (Wildman–Crippen MR) is 77.5 cm³/mol. The van der Waals surface area contributed by atoms with Gasteiger partial charge in [0.05, 0.1) is 5.75 Å². The fourth-order valence-corrected chi connectivity index (χ4v) is 3.12. The van der Waals surface area contributed by atoms with Crippen LogP contribution in [-0.4, -0.2) is 26.4 Å². The van der Waals surface area contributed by atoms with Crippen LogP contribution in [0.1, 0.15) is 29.6 Å². The highest BCUT2D eigenvalue weighted by molar-refractivity contribution is 7.99. The Bertz CT molecular complexity index is 625. The summed E-state index contributed by atoms with van der Waals surface area (Å²) < 4.78 is 1.97. The number of nitrogens with two attached hydrogens (primary N) is 1. The molecule has 0 bridgehead atoms. The Labute approximate surface area is 121 Å². The quantitative estimate of drug-likeness (QED) is 0.849. The normalized spacial score (nSPS) is 20.9. The maximum absolute atomic E-state index is 10.8. The summed E-state index contributed by atoms with van der Waals surface area (Å²) in [6.07, 6.45) is 1.11. The van der Waals surface area contributed by atoms with Gasteiger partial charge in [0.15, 0.2) is 5.16 Å². The summed E-state index contributed by atoms with van der Waals surface area (Å²) in [5.74, 6) is 1.85. The number of hydrogen-bond donors (Lipinski definition) is 1. The second-order valence-corrected chi connectivity index (χ2v) is 5.96. The molecule has 0 radical (unpaired) electrons. The molecular weight excluding hydrogens is 272 g/mol. The predicted octanol–water partition coefficient (Wildman–Crippen LogP) is 1.66. The number of carbonyl (C=O) groups is 1. The standard InChI is InChI=1S/C14H16N4OS/c1-18-13(16-17-14(18)20-8-12(15)19)11-7-10(11)9-5-3-2-4-6-9/h2-6,10-11H,7-8H2,1H3,(H2,15,19). The highest BCUT2D eigenvalue weighted by Crippen LogP contribution is 2.54. The molecule has 1 aliphatic rings. The Balaban J connectivity index is 1.72. The van der Waals surface area contributed by atoms with Crippen LogP contribution < -0.4 is 5.73 Å². The van der Waals surface area contributed by atoms with E-state index in [0.29, 0.717) is 11.8 Å². The van der Waals surface area contributed by atoms with Crippen molar-refractivity contribution in [2.24, 2.45) is 12.8 Å². The summed E-state index contributed by atoms with van der Waals surface area (Å²) in [7, 11) is 1.94. The van der Waals surface area contributed by atoms with Crippen molar-refractivity contribution >= 4 is 17.7 Å². The molecule has 1 aromatic carbocycles. The van der Waals surface area contributed by atoms with Crippen LogP contribution in [0, 0.1) is 0 Å². The van der Waals surface area contributed by atoms with Crippen LogP contribution in [-0.2, 0) is 11.8 Å². The highest BCUT2D eigenvalue weighted by atomic mass is 32.2. The average molecular weight is 288 g/mol. The molecule has 1 amide bonds. The Morgan fingerprint density at radius 2 is 2.10 bits per heavy atom. The Morgan fingerprint density at radius 3 is 2.80 bits per heavy atom. The molecule has 0 spiro atoms. The number of hydrogen-bond acceptors (Lipinski definition) is 4. The van der Waals surface area contributed by atoms with E-state index in [-0.39, 0.29) is 11.7 Å². The maximum Gasteiger partial charge on any atom is 0.227 e. The van der Waals surface area contributed by atoms with Crippen LogP contribution in [0.3, 0.4) is 0 Å². The molecule has 2 N–H and O–H groups in total. The van der Waals surface area contributed by atoms with Gasteiger partial charge in [0.2, 0.25) is 5.91 Å². The van der Waals surface area contributed by atoms with Crippen LogP contribution in [0.4, 0.5) is 0 Å². The van der Waals surface area contributed by atoms with Gasteiger partial charge >= 0.3 is 0 Å². The van der Waals surface area contributed by atoms with Gasteiger partial charge in [-0.2, -0.15) is 0 Å². The van der Waals surface area contributed by atoms with E-state index in [1.54, 1.807) is 0 Å². The molecule has 20 heavy (non-hydrogen) atoms. The molecule has 1 aliphatic carbocycles. The van der Waals surface area contributed by atoms with Crippen molar-refractivity contribution in [2.75, 3.05) is 5.75 Å². The van der Waals surface area contributed by atoms with Gasteiger partial charge in [-0.3, -0.25) is 4.79 Å². The second kappa shape index (κ2) is 5.28. The summed E-state index contributed by atoms with van der Waals surface area (Å²) in [6, 6.07) is 10.5. The highest BCUT2D eigenvalue weighted by Gasteiger charge is 2.42. The third-order valence-corrected chi connectivity index (χ3v) is 4.60. The van der Waals surface area contributed by atoms with E-state index in [4.69, 9.17) is 5.73 Å². The molecule has 5 nitrogen and oxygen atoms in total. The first kappa shape index (κ1) is 13.2. The second-order valence-electron chi connectivity index (χ2n) is 5.01. The molecule has 1 fully saturated rings. The van der Waals surface area contributed by atoms with Crippen molar-refractivity contribution in [3.8, 4) is 0 Å². The molecule has 1 heterocycles. The third-order valence-electron chi connectivity index (χ3n) is 3.56. The zero-order chi connectivity index (χ0) is 14.1. The van der Waals surface area contributed by atoms with Gasteiger partial charge in [0.25, 0.3) is 0 Å². The molecule has 2 unspecified atom stereocenters. The largest absolute Gasteiger partial charge is 0.369 e. The van der Waals surface area contributed by atoms with Crippen molar-refractivity contribution in [1.29, 1.82) is 0 Å². The summed E-state index contributed by atoms with van der Waals surface area (Å²) in [5, 5.41) is 9.16. The summed E-state index contributed by atoms with van der Waals surface area (Å²) >= 11 is 1.33. The minimum absolute atomic E-state index is 0.235. The first-order chi connectivity index (χ1) is 9.66. The van der Waals surface area contributed by atoms with Gasteiger partial charge in [0.1, 0.15) is 5.82 Å². The zero-order valence-corrected chi connectivity index (χ0v) is 12.0. The third kappa shape index (κ3) is 2.56. The van der Waals surface area contributed by atoms with Gasteiger partial charge in [0, 0.05) is 13.0 Å². The molecule has 0 aliphatic heterocycles. The van der Waals surface area contributed by atoms with E-state index in [0.717, 1.165) is 17.4 Å². The van der Waals surface area contributed by atoms with Gasteiger partial charge in [-0.15, -0.1) is 10.2 Å². The number of aromatic nitrogens is 3. The first-order valence-electron chi connectivity index (χ1n) is 6.52. The lowest BCUT2D eigenvalue weighted by atomic mass is 10.1. The molecule has 2 aromatic rings. The number of nitrogens with zero attached hydrogens (tertiary/aromatic N) is 3. The molecule has 6 heteroatoms. The lowest BCUT2D eigenvalue weighted by Gasteiger charge is -2.03. The number of amides is 1. The smallest absolute Gasteiger partial charge is 0.227 e. The minimum Gasteiger partial charge on any atom is -0.369 e. The van der Waals surface area contributed by atoms with E-state index in [2.05, 4.69) is 34.5 Å². The van der Waals surface area contributed by atoms with Crippen molar-refractivity contribution < 1.29 is 4.79 Å². The molecule has 3 rings (SSSR count). The minimum atomic E-state index is -0.340. The molecule has 2 atom stereocenters. The maximum atomic E-state index is 10.8. The number of benzene rings is 1. The Kier molecular flexibility index (Phi) is 3.48. The number of primary amides is 1. The van der Waals surface area contributed by atoms with Crippen molar-refractivity contribution in [1.82, 2.24) is 14.8 Å². The van der Waals surface area contributed by atoms with Crippen LogP contribution in [0.5, 0.6) is 0 Å². The molecule has 0 saturated heterocycles. The SMILES string of the molecule is Cn1c(SCC(N)=O)nnc1C1CC1c1ccccc1. The lowest BCUT2D eigenvalue weighted by molar-refractivity contribution is -0.115. The van der Waals surface area contributed by atoms with E-state index in [9.17, 15) is 4.79 Å². The van der Waals surface area contributed by atoms with Crippen LogP contribution >= 0.6 is 11.8 Å². The van der Waals surface area contributed by atoms with E-state index in [1.807, 2.05) is 17.7 Å². The zero-order valence-electron chi connectivity index (χ0n) is 11.2. The fraction of sp³-hybridized carbons (Fsp3) is 0.357. The van der Waals surface area contributed by atoms with E-state index < -0.39 is 0 Å².